The van der Waals surface area contributed by atoms with Crippen molar-refractivity contribution in [1.29, 1.82) is 0 Å². The van der Waals surface area contributed by atoms with Gasteiger partial charge in [0.05, 0.1) is 4.92 Å². The van der Waals surface area contributed by atoms with Gasteiger partial charge in [0, 0.05) is 24.2 Å². The molecule has 0 unspecified atom stereocenters. The Morgan fingerprint density at radius 2 is 1.40 bits per heavy atom. The normalized spacial score (nSPS) is 22.5. The maximum Gasteiger partial charge on any atom is 0.327 e. The molecule has 1 aliphatic carbocycles. The molecule has 0 fully saturated rings. The van der Waals surface area contributed by atoms with E-state index in [0.29, 0.717) is 16.5 Å². The Hall–Kier alpha value is -4.20. The Morgan fingerprint density at radius 3 is 2.03 bits per heavy atom. The molecule has 6 rings (SSSR count). The van der Waals surface area contributed by atoms with Gasteiger partial charge >= 0.3 is 5.70 Å². The second-order valence-corrected chi connectivity index (χ2v) is 8.96. The third-order valence-corrected chi connectivity index (χ3v) is 7.07. The van der Waals surface area contributed by atoms with Crippen LogP contribution in [0.4, 0.5) is 0 Å². The largest absolute Gasteiger partial charge is 0.370 e. The van der Waals surface area contributed by atoms with Crippen molar-refractivity contribution in [2.75, 3.05) is 0 Å². The van der Waals surface area contributed by atoms with Crippen molar-refractivity contribution < 1.29 is 15.1 Å². The SMILES string of the molecule is O=[N+]([O-])C1=C(NCc2ccccc2)N(Cc2ccccc2)[C@]2(O)c3cccc4cccc(c34)[C@]12O. The highest BCUT2D eigenvalue weighted by Crippen LogP contribution is 2.62. The summed E-state index contributed by atoms with van der Waals surface area (Å²) >= 11 is 0. The van der Waals surface area contributed by atoms with Crippen LogP contribution in [0.3, 0.4) is 0 Å². The quantitative estimate of drug-likeness (QED) is 0.295. The predicted molar refractivity (Wildman–Crippen MR) is 131 cm³/mol. The molecule has 0 saturated heterocycles. The van der Waals surface area contributed by atoms with Gasteiger partial charge in [0.1, 0.15) is 0 Å². The van der Waals surface area contributed by atoms with Gasteiger partial charge in [-0.25, -0.2) is 0 Å². The van der Waals surface area contributed by atoms with Gasteiger partial charge in [0.15, 0.2) is 5.82 Å². The molecular weight excluding hydrogens is 442 g/mol. The molecule has 4 aromatic carbocycles. The molecule has 1 aliphatic heterocycles. The Bertz CT molecular complexity index is 1480. The number of hydrogen-bond donors (Lipinski definition) is 3. The minimum atomic E-state index is -2.27. The first-order chi connectivity index (χ1) is 17.0. The van der Waals surface area contributed by atoms with Crippen molar-refractivity contribution in [3.8, 4) is 0 Å². The van der Waals surface area contributed by atoms with E-state index >= 15 is 0 Å². The zero-order valence-electron chi connectivity index (χ0n) is 18.8. The van der Waals surface area contributed by atoms with E-state index in [-0.39, 0.29) is 18.9 Å². The lowest BCUT2D eigenvalue weighted by atomic mass is 9.86. The van der Waals surface area contributed by atoms with Crippen molar-refractivity contribution in [1.82, 2.24) is 10.2 Å². The zero-order chi connectivity index (χ0) is 24.2. The number of nitrogens with one attached hydrogen (secondary N) is 1. The molecule has 0 amide bonds. The van der Waals surface area contributed by atoms with Crippen molar-refractivity contribution in [2.45, 2.75) is 24.4 Å². The lowest BCUT2D eigenvalue weighted by Crippen LogP contribution is -2.53. The third kappa shape index (κ3) is 2.86. The molecule has 7 nitrogen and oxygen atoms in total. The fourth-order valence-electron chi connectivity index (χ4n) is 5.55. The molecule has 0 radical (unpaired) electrons. The minimum absolute atomic E-state index is 0.0965. The minimum Gasteiger partial charge on any atom is -0.370 e. The average Bonchev–Trinajstić information content (AvgIpc) is 3.20. The molecule has 0 spiro atoms. The van der Waals surface area contributed by atoms with E-state index < -0.39 is 21.9 Å². The average molecular weight is 466 g/mol. The monoisotopic (exact) mass is 465 g/mol. The van der Waals surface area contributed by atoms with Gasteiger partial charge in [-0.15, -0.1) is 0 Å². The topological polar surface area (TPSA) is 98.9 Å². The zero-order valence-corrected chi connectivity index (χ0v) is 18.8. The smallest absolute Gasteiger partial charge is 0.327 e. The summed E-state index contributed by atoms with van der Waals surface area (Å²) in [5.74, 6) is 0.0965. The first kappa shape index (κ1) is 21.3. The number of rotatable bonds is 6. The molecule has 1 heterocycles. The van der Waals surface area contributed by atoms with Gasteiger partial charge in [0.25, 0.3) is 0 Å². The molecule has 0 bridgehead atoms. The van der Waals surface area contributed by atoms with Gasteiger partial charge in [-0.1, -0.05) is 97.1 Å². The van der Waals surface area contributed by atoms with Crippen LogP contribution in [0, 0.1) is 10.1 Å². The van der Waals surface area contributed by atoms with E-state index in [1.54, 1.807) is 24.3 Å². The number of fused-ring (bicyclic) bond motifs is 3. The summed E-state index contributed by atoms with van der Waals surface area (Å²) in [5.41, 5.74) is -2.28. The van der Waals surface area contributed by atoms with Crippen LogP contribution in [0.25, 0.3) is 10.8 Å². The highest BCUT2D eigenvalue weighted by molar-refractivity contribution is 5.94. The molecular formula is C28H23N3O4. The van der Waals surface area contributed by atoms with Crippen molar-refractivity contribution in [3.63, 3.8) is 0 Å². The van der Waals surface area contributed by atoms with E-state index in [4.69, 9.17) is 0 Å². The van der Waals surface area contributed by atoms with Gasteiger partial charge in [-0.05, 0) is 21.9 Å². The molecule has 0 aromatic heterocycles. The second kappa shape index (κ2) is 7.66. The lowest BCUT2D eigenvalue weighted by molar-refractivity contribution is -0.452. The van der Waals surface area contributed by atoms with Crippen LogP contribution in [0.15, 0.2) is 109 Å². The molecule has 174 valence electrons. The number of nitrogens with zero attached hydrogens (tertiary/aromatic N) is 2. The highest BCUT2D eigenvalue weighted by atomic mass is 16.6. The number of hydrogen-bond acceptors (Lipinski definition) is 6. The summed E-state index contributed by atoms with van der Waals surface area (Å²) < 4.78 is 0. The fraction of sp³-hybridized carbons (Fsp3) is 0.143. The van der Waals surface area contributed by atoms with Gasteiger partial charge in [-0.2, -0.15) is 0 Å². The van der Waals surface area contributed by atoms with Crippen LogP contribution in [0.1, 0.15) is 22.3 Å². The number of aliphatic hydroxyl groups is 2. The third-order valence-electron chi connectivity index (χ3n) is 7.07. The summed E-state index contributed by atoms with van der Waals surface area (Å²) in [6.45, 7) is 0.440. The molecule has 35 heavy (non-hydrogen) atoms. The molecule has 4 aromatic rings. The highest BCUT2D eigenvalue weighted by Gasteiger charge is 2.73. The summed E-state index contributed by atoms with van der Waals surface area (Å²) in [5, 5.41) is 41.9. The van der Waals surface area contributed by atoms with E-state index in [0.717, 1.165) is 16.5 Å². The first-order valence-corrected chi connectivity index (χ1v) is 11.4. The van der Waals surface area contributed by atoms with Crippen molar-refractivity contribution >= 4 is 10.8 Å². The van der Waals surface area contributed by atoms with Crippen molar-refractivity contribution in [2.24, 2.45) is 0 Å². The fourth-order valence-corrected chi connectivity index (χ4v) is 5.55. The van der Waals surface area contributed by atoms with Gasteiger partial charge in [0.2, 0.25) is 11.3 Å². The summed E-state index contributed by atoms with van der Waals surface area (Å²) in [6, 6.07) is 29.6. The second-order valence-electron chi connectivity index (χ2n) is 8.96. The van der Waals surface area contributed by atoms with Crippen LogP contribution in [0.2, 0.25) is 0 Å². The van der Waals surface area contributed by atoms with E-state index in [2.05, 4.69) is 5.32 Å². The van der Waals surface area contributed by atoms with E-state index in [1.165, 1.54) is 4.90 Å². The Balaban J connectivity index is 1.59. The molecule has 7 heteroatoms. The van der Waals surface area contributed by atoms with E-state index in [9.17, 15) is 20.3 Å². The van der Waals surface area contributed by atoms with Gasteiger partial charge in [-0.3, -0.25) is 10.1 Å². The van der Waals surface area contributed by atoms with Crippen LogP contribution in [0.5, 0.6) is 0 Å². The van der Waals surface area contributed by atoms with Crippen LogP contribution in [-0.4, -0.2) is 20.0 Å². The standard InChI is InChI=1S/C28H23N3O4/c32-27-22-15-7-13-21-14-8-16-23(24(21)22)28(27,33)30(18-20-11-5-2-6-12-20)26(25(27)31(34)35)29-17-19-9-3-1-4-10-19/h1-16,29,32-33H,17-18H2/t27-,28-/m0/s1. The summed E-state index contributed by atoms with van der Waals surface area (Å²) in [4.78, 5) is 13.6. The molecule has 3 N–H and O–H groups in total. The maximum absolute atomic E-state index is 12.6. The number of nitro groups is 1. The van der Waals surface area contributed by atoms with Gasteiger partial charge < -0.3 is 20.4 Å². The summed E-state index contributed by atoms with van der Waals surface area (Å²) in [7, 11) is 0. The lowest BCUT2D eigenvalue weighted by Gasteiger charge is -2.40. The molecule has 2 aliphatic rings. The Labute approximate surface area is 201 Å². The van der Waals surface area contributed by atoms with E-state index in [1.807, 2.05) is 72.8 Å². The first-order valence-electron chi connectivity index (χ1n) is 11.4. The Kier molecular flexibility index (Phi) is 4.67. The molecule has 0 saturated carbocycles. The Morgan fingerprint density at radius 1 is 0.800 bits per heavy atom. The number of benzene rings is 4. The summed E-state index contributed by atoms with van der Waals surface area (Å²) in [6.07, 6.45) is 0. The predicted octanol–water partition coefficient (Wildman–Crippen LogP) is 3.94. The van der Waals surface area contributed by atoms with Crippen LogP contribution >= 0.6 is 0 Å². The van der Waals surface area contributed by atoms with Crippen LogP contribution in [-0.2, 0) is 24.4 Å². The van der Waals surface area contributed by atoms with Crippen LogP contribution < -0.4 is 5.32 Å². The van der Waals surface area contributed by atoms with Crippen molar-refractivity contribution in [3.05, 3.63) is 141 Å². The maximum atomic E-state index is 12.6. The molecule has 2 atom stereocenters.